The summed E-state index contributed by atoms with van der Waals surface area (Å²) in [5, 5.41) is 3.70. The fourth-order valence-electron chi connectivity index (χ4n) is 2.66. The Balaban J connectivity index is 1.60. The number of piperidine rings is 1. The molecule has 1 aliphatic carbocycles. The third-order valence-corrected chi connectivity index (χ3v) is 4.37. The number of likely N-dealkylation sites (N-methyl/N-ethyl adjacent to an activating group) is 1. The van der Waals surface area contributed by atoms with Crippen LogP contribution in [-0.4, -0.2) is 62.0 Å². The molecule has 2 rings (SSSR count). The van der Waals surface area contributed by atoms with Crippen molar-refractivity contribution in [2.24, 2.45) is 5.92 Å². The molecule has 104 valence electrons. The van der Waals surface area contributed by atoms with Crippen LogP contribution in [0.4, 0.5) is 0 Å². The smallest absolute Gasteiger partial charge is 0.236 e. The number of carbonyl (C=O) groups is 1. The van der Waals surface area contributed by atoms with Gasteiger partial charge in [0.2, 0.25) is 5.91 Å². The van der Waals surface area contributed by atoms with Gasteiger partial charge in [-0.05, 0) is 38.1 Å². The fraction of sp³-hybridized carbons (Fsp3) is 0.929. The van der Waals surface area contributed by atoms with E-state index in [2.05, 4.69) is 10.2 Å². The first-order valence-corrected chi connectivity index (χ1v) is 7.31. The van der Waals surface area contributed by atoms with E-state index in [-0.39, 0.29) is 5.91 Å². The predicted molar refractivity (Wildman–Crippen MR) is 73.5 cm³/mol. The van der Waals surface area contributed by atoms with Crippen LogP contribution >= 0.6 is 0 Å². The molecule has 0 aromatic carbocycles. The van der Waals surface area contributed by atoms with Gasteiger partial charge in [-0.2, -0.15) is 0 Å². The second-order valence-electron chi connectivity index (χ2n) is 6.04. The second kappa shape index (κ2) is 6.53. The van der Waals surface area contributed by atoms with E-state index >= 15 is 0 Å². The summed E-state index contributed by atoms with van der Waals surface area (Å²) in [5.41, 5.74) is 0. The average Bonchev–Trinajstić information content (AvgIpc) is 2.29. The Morgan fingerprint density at radius 1 is 1.22 bits per heavy atom. The summed E-state index contributed by atoms with van der Waals surface area (Å²) in [6.45, 7) is 3.91. The summed E-state index contributed by atoms with van der Waals surface area (Å²) in [6, 6.07) is 0.677. The van der Waals surface area contributed by atoms with Gasteiger partial charge in [-0.1, -0.05) is 6.42 Å². The number of amides is 1. The molecule has 4 nitrogen and oxygen atoms in total. The zero-order valence-electron chi connectivity index (χ0n) is 11.8. The van der Waals surface area contributed by atoms with Crippen molar-refractivity contribution in [3.8, 4) is 0 Å². The van der Waals surface area contributed by atoms with E-state index in [1.54, 1.807) is 4.90 Å². The number of rotatable bonds is 5. The maximum Gasteiger partial charge on any atom is 0.236 e. The summed E-state index contributed by atoms with van der Waals surface area (Å²) < 4.78 is 0. The summed E-state index contributed by atoms with van der Waals surface area (Å²) in [7, 11) is 3.66. The van der Waals surface area contributed by atoms with Gasteiger partial charge in [0, 0.05) is 33.2 Å². The summed E-state index contributed by atoms with van der Waals surface area (Å²) in [6.07, 6.45) is 6.64. The molecule has 0 radical (unpaired) electrons. The summed E-state index contributed by atoms with van der Waals surface area (Å²) in [4.78, 5) is 15.6. The van der Waals surface area contributed by atoms with Gasteiger partial charge in [0.15, 0.2) is 0 Å². The first-order valence-electron chi connectivity index (χ1n) is 7.31. The molecule has 2 fully saturated rings. The molecule has 4 heteroatoms. The lowest BCUT2D eigenvalue weighted by molar-refractivity contribution is -0.130. The molecule has 1 saturated carbocycles. The molecule has 0 atom stereocenters. The van der Waals surface area contributed by atoms with Crippen molar-refractivity contribution in [2.45, 2.75) is 38.1 Å². The molecule has 0 spiro atoms. The summed E-state index contributed by atoms with van der Waals surface area (Å²) in [5.74, 6) is 1.16. The minimum atomic E-state index is 0.218. The molecule has 18 heavy (non-hydrogen) atoms. The van der Waals surface area contributed by atoms with Crippen LogP contribution in [0.5, 0.6) is 0 Å². The van der Waals surface area contributed by atoms with Crippen molar-refractivity contribution in [3.63, 3.8) is 0 Å². The number of likely N-dealkylation sites (tertiary alicyclic amines) is 1. The number of carbonyl (C=O) groups excluding carboxylic acids is 1. The van der Waals surface area contributed by atoms with E-state index in [4.69, 9.17) is 0 Å². The van der Waals surface area contributed by atoms with Gasteiger partial charge < -0.3 is 10.2 Å². The highest BCUT2D eigenvalue weighted by Crippen LogP contribution is 2.25. The van der Waals surface area contributed by atoms with Crippen molar-refractivity contribution in [1.82, 2.24) is 15.1 Å². The maximum absolute atomic E-state index is 11.6. The highest BCUT2D eigenvalue weighted by molar-refractivity contribution is 5.77. The molecule has 1 aliphatic heterocycles. The van der Waals surface area contributed by atoms with Crippen LogP contribution in [0.2, 0.25) is 0 Å². The van der Waals surface area contributed by atoms with Crippen LogP contribution in [0.1, 0.15) is 32.1 Å². The normalized spacial score (nSPS) is 22.8. The molecule has 0 aromatic heterocycles. The second-order valence-corrected chi connectivity index (χ2v) is 6.04. The van der Waals surface area contributed by atoms with Crippen LogP contribution < -0.4 is 5.32 Å². The predicted octanol–water partition coefficient (Wildman–Crippen LogP) is 0.929. The van der Waals surface area contributed by atoms with E-state index in [0.29, 0.717) is 12.6 Å². The standard InChI is InChI=1S/C14H27N3O/c1-16(2)14(18)11-17-8-6-13(7-9-17)15-10-12-4-3-5-12/h12-13,15H,3-11H2,1-2H3. The topological polar surface area (TPSA) is 35.6 Å². The number of nitrogens with one attached hydrogen (secondary N) is 1. The Bertz CT molecular complexity index is 268. The van der Waals surface area contributed by atoms with E-state index < -0.39 is 0 Å². The maximum atomic E-state index is 11.6. The van der Waals surface area contributed by atoms with Crippen molar-refractivity contribution in [1.29, 1.82) is 0 Å². The van der Waals surface area contributed by atoms with Gasteiger partial charge >= 0.3 is 0 Å². The number of hydrogen-bond acceptors (Lipinski definition) is 3. The molecule has 0 bridgehead atoms. The molecule has 1 saturated heterocycles. The number of hydrogen-bond donors (Lipinski definition) is 1. The first-order chi connectivity index (χ1) is 8.65. The molecular formula is C14H27N3O. The van der Waals surface area contributed by atoms with Gasteiger partial charge in [0.25, 0.3) is 0 Å². The summed E-state index contributed by atoms with van der Waals surface area (Å²) >= 11 is 0. The van der Waals surface area contributed by atoms with Gasteiger partial charge in [-0.15, -0.1) is 0 Å². The van der Waals surface area contributed by atoms with E-state index in [1.165, 1.54) is 38.6 Å². The number of nitrogens with zero attached hydrogens (tertiary/aromatic N) is 2. The van der Waals surface area contributed by atoms with E-state index in [1.807, 2.05) is 14.1 Å². The minimum Gasteiger partial charge on any atom is -0.348 e. The molecular weight excluding hydrogens is 226 g/mol. The van der Waals surface area contributed by atoms with Gasteiger partial charge in [0.05, 0.1) is 6.54 Å². The third kappa shape index (κ3) is 3.95. The Kier molecular flexibility index (Phi) is 5.01. The molecule has 1 N–H and O–H groups in total. The molecule has 2 aliphatic rings. The van der Waals surface area contributed by atoms with E-state index in [0.717, 1.165) is 19.0 Å². The van der Waals surface area contributed by atoms with Crippen LogP contribution in [0, 0.1) is 5.92 Å². The lowest BCUT2D eigenvalue weighted by atomic mass is 9.85. The van der Waals surface area contributed by atoms with Crippen LogP contribution in [-0.2, 0) is 4.79 Å². The van der Waals surface area contributed by atoms with Crippen molar-refractivity contribution >= 4 is 5.91 Å². The van der Waals surface area contributed by atoms with Crippen molar-refractivity contribution < 1.29 is 4.79 Å². The fourth-order valence-corrected chi connectivity index (χ4v) is 2.66. The van der Waals surface area contributed by atoms with E-state index in [9.17, 15) is 4.79 Å². The third-order valence-electron chi connectivity index (χ3n) is 4.37. The van der Waals surface area contributed by atoms with Crippen molar-refractivity contribution in [2.75, 3.05) is 40.3 Å². The SMILES string of the molecule is CN(C)C(=O)CN1CCC(NCC2CCC2)CC1. The molecule has 0 unspecified atom stereocenters. The first kappa shape index (κ1) is 13.8. The molecule has 1 amide bonds. The lowest BCUT2D eigenvalue weighted by Gasteiger charge is -2.34. The highest BCUT2D eigenvalue weighted by atomic mass is 16.2. The minimum absolute atomic E-state index is 0.218. The average molecular weight is 253 g/mol. The van der Waals surface area contributed by atoms with Gasteiger partial charge in [-0.3, -0.25) is 9.69 Å². The Hall–Kier alpha value is -0.610. The quantitative estimate of drug-likeness (QED) is 0.792. The monoisotopic (exact) mass is 253 g/mol. The zero-order valence-corrected chi connectivity index (χ0v) is 11.8. The Labute approximate surface area is 111 Å². The lowest BCUT2D eigenvalue weighted by Crippen LogP contribution is -2.47. The Morgan fingerprint density at radius 2 is 1.89 bits per heavy atom. The van der Waals surface area contributed by atoms with Crippen LogP contribution in [0.25, 0.3) is 0 Å². The highest BCUT2D eigenvalue weighted by Gasteiger charge is 2.23. The zero-order chi connectivity index (χ0) is 13.0. The van der Waals surface area contributed by atoms with Crippen molar-refractivity contribution in [3.05, 3.63) is 0 Å². The van der Waals surface area contributed by atoms with Gasteiger partial charge in [0.1, 0.15) is 0 Å². The van der Waals surface area contributed by atoms with Crippen LogP contribution in [0.3, 0.4) is 0 Å². The largest absolute Gasteiger partial charge is 0.348 e. The molecule has 0 aromatic rings. The van der Waals surface area contributed by atoms with Crippen LogP contribution in [0.15, 0.2) is 0 Å². The Morgan fingerprint density at radius 3 is 2.39 bits per heavy atom. The molecule has 1 heterocycles. The van der Waals surface area contributed by atoms with Gasteiger partial charge in [-0.25, -0.2) is 0 Å².